The topological polar surface area (TPSA) is 208 Å². The highest BCUT2D eigenvalue weighted by molar-refractivity contribution is 6.00. The maximum Gasteiger partial charge on any atom is 0.159 e. The number of fused-ring (bicyclic) bond motifs is 8. The third kappa shape index (κ3) is 12.8. The number of aromatic nitrogens is 5. The minimum Gasteiger partial charge on any atom is -0.508 e. The first-order valence-corrected chi connectivity index (χ1v) is 25.0. The summed E-state index contributed by atoms with van der Waals surface area (Å²) in [4.78, 5) is 41.8. The Labute approximate surface area is 457 Å². The molecule has 0 fully saturated rings. The quantitative estimate of drug-likeness (QED) is 0.0588. The highest BCUT2D eigenvalue weighted by Crippen LogP contribution is 2.39. The standard InChI is InChI=1S/C44H30N4O4.C11H14O.C7H6O2.C4H5N.CH4/c49-29-9-1-25(2-10-29)41-33-17-19-35(45-33)42(26-3-11-30(50)12-4-26)37-21-23-39(47-37)44(28-7-15-32(52)16-8-28)40-24-22-38(48-40)43(36-20-18-34(41)46-36)27-5-13-31(51)14-6-27;1-7-5-11(10(4)12)6-8(2)9(7)3;8-5-6-1-3-7(9)4-2-6;1-2-4-5-3-1;/h1-24,45,48-52H;5-6H,1-4H3;1-5,9H;1-5H;1H4. The molecule has 0 unspecified atom stereocenters. The first-order chi connectivity index (χ1) is 37.7. The van der Waals surface area contributed by atoms with Gasteiger partial charge in [-0.2, -0.15) is 0 Å². The number of carbonyl (C=O) groups excluding carboxylic acids is 2. The Morgan fingerprint density at radius 3 is 0.949 bits per heavy atom. The van der Waals surface area contributed by atoms with Gasteiger partial charge in [0, 0.05) is 67.8 Å². The monoisotopic (exact) mass is 1050 g/mol. The van der Waals surface area contributed by atoms with Crippen LogP contribution < -0.4 is 0 Å². The lowest BCUT2D eigenvalue weighted by Gasteiger charge is -2.07. The second kappa shape index (κ2) is 24.5. The molecule has 12 rings (SSSR count). The first-order valence-electron chi connectivity index (χ1n) is 25.0. The molecule has 394 valence electrons. The highest BCUT2D eigenvalue weighted by atomic mass is 16.3. The van der Waals surface area contributed by atoms with Crippen molar-refractivity contribution in [3.63, 3.8) is 0 Å². The van der Waals surface area contributed by atoms with Gasteiger partial charge < -0.3 is 40.5 Å². The molecule has 4 aromatic heterocycles. The second-order valence-electron chi connectivity index (χ2n) is 18.6. The van der Waals surface area contributed by atoms with Crippen molar-refractivity contribution in [1.29, 1.82) is 0 Å². The summed E-state index contributed by atoms with van der Waals surface area (Å²) in [5, 5.41) is 49.4. The van der Waals surface area contributed by atoms with Crippen LogP contribution in [-0.2, 0) is 0 Å². The summed E-state index contributed by atoms with van der Waals surface area (Å²) in [5.41, 5.74) is 18.0. The van der Waals surface area contributed by atoms with E-state index in [1.165, 1.54) is 28.8 Å². The number of aromatic amines is 3. The molecule has 10 aromatic rings. The Morgan fingerprint density at radius 1 is 0.430 bits per heavy atom. The zero-order valence-electron chi connectivity index (χ0n) is 43.2. The molecule has 0 radical (unpaired) electrons. The molecule has 0 aliphatic carbocycles. The number of phenolic OH excluding ortho intramolecular Hbond substituents is 5. The van der Waals surface area contributed by atoms with Crippen LogP contribution in [0, 0.1) is 20.8 Å². The largest absolute Gasteiger partial charge is 0.508 e. The average Bonchev–Trinajstić information content (AvgIpc) is 4.53. The van der Waals surface area contributed by atoms with Gasteiger partial charge in [0.25, 0.3) is 0 Å². The van der Waals surface area contributed by atoms with Gasteiger partial charge in [0.2, 0.25) is 0 Å². The number of Topliss-reactive ketones (excluding diaryl/α,β-unsaturated/α-hetero) is 1. The van der Waals surface area contributed by atoms with Crippen molar-refractivity contribution in [2.45, 2.75) is 35.1 Å². The molecule has 0 saturated heterocycles. The average molecular weight is 1050 g/mol. The predicted molar refractivity (Wildman–Crippen MR) is 319 cm³/mol. The molecule has 12 nitrogen and oxygen atoms in total. The molecule has 0 spiro atoms. The third-order valence-electron chi connectivity index (χ3n) is 13.2. The molecular weight excluding hydrogens is 987 g/mol. The zero-order valence-corrected chi connectivity index (χ0v) is 43.2. The number of aromatic hydroxyl groups is 5. The van der Waals surface area contributed by atoms with Gasteiger partial charge in [-0.3, -0.25) is 9.59 Å². The van der Waals surface area contributed by atoms with Gasteiger partial charge in [0.1, 0.15) is 35.0 Å². The fraction of sp³-hybridized carbons (Fsp3) is 0.0746. The number of carbonyl (C=O) groups is 2. The maximum absolute atomic E-state index is 11.1. The molecule has 8 bridgehead atoms. The molecule has 6 heterocycles. The number of aryl methyl sites for hydroxylation is 2. The summed E-state index contributed by atoms with van der Waals surface area (Å²) in [6, 6.07) is 50.2. The van der Waals surface area contributed by atoms with Gasteiger partial charge in [0.05, 0.1) is 22.8 Å². The van der Waals surface area contributed by atoms with Crippen molar-refractivity contribution in [2.75, 3.05) is 0 Å². The van der Waals surface area contributed by atoms with Crippen molar-refractivity contribution >= 4 is 58.4 Å². The van der Waals surface area contributed by atoms with Crippen LogP contribution in [0.5, 0.6) is 28.7 Å². The fourth-order valence-corrected chi connectivity index (χ4v) is 9.00. The molecule has 2 aliphatic rings. The van der Waals surface area contributed by atoms with Gasteiger partial charge in [-0.15, -0.1) is 0 Å². The van der Waals surface area contributed by atoms with Crippen LogP contribution in [0.15, 0.2) is 182 Å². The molecule has 8 N–H and O–H groups in total. The van der Waals surface area contributed by atoms with Crippen LogP contribution in [-0.4, -0.2) is 62.5 Å². The minimum absolute atomic E-state index is 0. The highest BCUT2D eigenvalue weighted by Gasteiger charge is 2.19. The van der Waals surface area contributed by atoms with Gasteiger partial charge in [-0.25, -0.2) is 9.97 Å². The number of aldehydes is 1. The van der Waals surface area contributed by atoms with Crippen LogP contribution in [0.3, 0.4) is 0 Å². The number of nitrogens with one attached hydrogen (secondary N) is 3. The van der Waals surface area contributed by atoms with E-state index in [2.05, 4.69) is 21.9 Å². The summed E-state index contributed by atoms with van der Waals surface area (Å²) in [6.45, 7) is 7.75. The molecule has 79 heavy (non-hydrogen) atoms. The zero-order chi connectivity index (χ0) is 54.9. The van der Waals surface area contributed by atoms with Crippen molar-refractivity contribution < 1.29 is 35.1 Å². The molecule has 0 saturated carbocycles. The number of H-pyrrole nitrogens is 3. The molecule has 0 atom stereocenters. The van der Waals surface area contributed by atoms with Crippen LogP contribution in [0.25, 0.3) is 90.9 Å². The van der Waals surface area contributed by atoms with Crippen LogP contribution in [0.1, 0.15) is 74.5 Å². The fourth-order valence-electron chi connectivity index (χ4n) is 9.00. The Bertz CT molecular complexity index is 3590. The van der Waals surface area contributed by atoms with E-state index in [1.807, 2.05) is 148 Å². The van der Waals surface area contributed by atoms with E-state index in [1.54, 1.807) is 67.6 Å². The summed E-state index contributed by atoms with van der Waals surface area (Å²) in [5.74, 6) is 0.973. The first kappa shape index (κ1) is 54.8. The van der Waals surface area contributed by atoms with Crippen LogP contribution in [0.2, 0.25) is 0 Å². The van der Waals surface area contributed by atoms with Crippen LogP contribution >= 0.6 is 0 Å². The number of hydrogen-bond acceptors (Lipinski definition) is 9. The molecular formula is C67H59N5O7. The Balaban J connectivity index is 0.000000248. The van der Waals surface area contributed by atoms with E-state index < -0.39 is 0 Å². The maximum atomic E-state index is 11.1. The third-order valence-corrected chi connectivity index (χ3v) is 13.2. The number of benzene rings is 6. The van der Waals surface area contributed by atoms with E-state index in [9.17, 15) is 30.0 Å². The molecule has 2 aliphatic heterocycles. The van der Waals surface area contributed by atoms with E-state index in [-0.39, 0.29) is 42.0 Å². The van der Waals surface area contributed by atoms with E-state index in [0.29, 0.717) is 5.56 Å². The lowest BCUT2D eigenvalue weighted by molar-refractivity contribution is 0.101. The van der Waals surface area contributed by atoms with Crippen molar-refractivity contribution in [1.82, 2.24) is 24.9 Å². The number of nitrogens with zero attached hydrogens (tertiary/aromatic N) is 2. The summed E-state index contributed by atoms with van der Waals surface area (Å²) >= 11 is 0. The van der Waals surface area contributed by atoms with Gasteiger partial charge in [-0.05, 0) is 212 Å². The van der Waals surface area contributed by atoms with Crippen molar-refractivity contribution in [3.8, 4) is 73.3 Å². The van der Waals surface area contributed by atoms with Crippen molar-refractivity contribution in [2.24, 2.45) is 0 Å². The molecule has 0 amide bonds. The predicted octanol–water partition coefficient (Wildman–Crippen LogP) is 15.8. The summed E-state index contributed by atoms with van der Waals surface area (Å²) < 4.78 is 0. The summed E-state index contributed by atoms with van der Waals surface area (Å²) in [7, 11) is 0. The van der Waals surface area contributed by atoms with E-state index in [4.69, 9.17) is 15.1 Å². The SMILES string of the molecule is C.CC(=O)c1cc(C)c(C)c(C)c1.O=Cc1ccc(O)cc1.Oc1ccc(-c2c3nc(c(-c4ccc(O)cc4)c4ccc([nH]4)c(-c4ccc(O)cc4)c4nc(c(-c5ccc(O)cc5)c5ccc2[nH]5)C=C4)C=C3)cc1.c1cc[nH]c1. The molecule has 6 aromatic carbocycles. The lowest BCUT2D eigenvalue weighted by atomic mass is 9.99. The summed E-state index contributed by atoms with van der Waals surface area (Å²) in [6.07, 6.45) is 12.4. The second-order valence-corrected chi connectivity index (χ2v) is 18.6. The minimum atomic E-state index is 0. The van der Waals surface area contributed by atoms with Gasteiger partial charge in [-0.1, -0.05) is 56.0 Å². The lowest BCUT2D eigenvalue weighted by Crippen LogP contribution is -1.96. The smallest absolute Gasteiger partial charge is 0.159 e. The van der Waals surface area contributed by atoms with Gasteiger partial charge in [0.15, 0.2) is 5.78 Å². The Hall–Kier alpha value is -10.5. The van der Waals surface area contributed by atoms with Gasteiger partial charge >= 0.3 is 0 Å². The number of hydrogen-bond donors (Lipinski definition) is 8. The van der Waals surface area contributed by atoms with E-state index >= 15 is 0 Å². The molecule has 12 heteroatoms. The number of ketones is 1. The Kier molecular flexibility index (Phi) is 17.0. The normalized spacial score (nSPS) is 10.9. The number of phenols is 5. The number of rotatable bonds is 6. The van der Waals surface area contributed by atoms with Crippen LogP contribution in [0.4, 0.5) is 0 Å². The Morgan fingerprint density at radius 2 is 0.709 bits per heavy atom. The van der Waals surface area contributed by atoms with Crippen molar-refractivity contribution in [3.05, 3.63) is 233 Å². The van der Waals surface area contributed by atoms with E-state index in [0.717, 1.165) is 101 Å².